The highest BCUT2D eigenvalue weighted by Crippen LogP contribution is 2.70. The summed E-state index contributed by atoms with van der Waals surface area (Å²) in [6.07, 6.45) is 10.1. The van der Waals surface area contributed by atoms with Gasteiger partial charge in [0.05, 0.1) is 0 Å². The van der Waals surface area contributed by atoms with Crippen molar-refractivity contribution in [3.63, 3.8) is 0 Å². The summed E-state index contributed by atoms with van der Waals surface area (Å²) in [5, 5.41) is 12.1. The highest BCUT2D eigenvalue weighted by molar-refractivity contribution is 5.80. The maximum Gasteiger partial charge on any atom is 0.226 e. The first-order chi connectivity index (χ1) is 15.1. The Balaban J connectivity index is 1.21. The zero-order valence-corrected chi connectivity index (χ0v) is 18.0. The van der Waals surface area contributed by atoms with Crippen LogP contribution in [0.3, 0.4) is 0 Å². The van der Waals surface area contributed by atoms with Crippen molar-refractivity contribution in [2.45, 2.75) is 37.7 Å². The van der Waals surface area contributed by atoms with Crippen LogP contribution in [0.15, 0.2) is 72.8 Å². The SMILES string of the molecule is O=C([C@H]1C[C@H]2C=C[C@H]1C21CC1)N1CCC(C(O)(c2ccccc2)c2ccccc2)CC1. The van der Waals surface area contributed by atoms with Gasteiger partial charge < -0.3 is 10.0 Å². The number of benzene rings is 2. The topological polar surface area (TPSA) is 40.5 Å². The average molecular weight is 414 g/mol. The molecule has 3 atom stereocenters. The Kier molecular flexibility index (Phi) is 4.40. The van der Waals surface area contributed by atoms with Gasteiger partial charge in [-0.15, -0.1) is 0 Å². The molecule has 1 spiro atoms. The zero-order valence-electron chi connectivity index (χ0n) is 18.0. The third kappa shape index (κ3) is 2.86. The van der Waals surface area contributed by atoms with Crippen molar-refractivity contribution in [3.8, 4) is 0 Å². The monoisotopic (exact) mass is 413 g/mol. The minimum atomic E-state index is -1.02. The second-order valence-electron chi connectivity index (χ2n) is 10.2. The predicted octanol–water partition coefficient (Wildman–Crippen LogP) is 4.76. The maximum atomic E-state index is 13.4. The molecule has 3 nitrogen and oxygen atoms in total. The highest BCUT2D eigenvalue weighted by atomic mass is 16.3. The van der Waals surface area contributed by atoms with Gasteiger partial charge in [-0.1, -0.05) is 72.8 Å². The molecule has 6 rings (SSSR count). The highest BCUT2D eigenvalue weighted by Gasteiger charge is 2.64. The first-order valence-corrected chi connectivity index (χ1v) is 11.9. The molecule has 31 heavy (non-hydrogen) atoms. The van der Waals surface area contributed by atoms with Crippen molar-refractivity contribution in [3.05, 3.63) is 83.9 Å². The molecule has 3 fully saturated rings. The Morgan fingerprint density at radius 2 is 1.48 bits per heavy atom. The summed E-state index contributed by atoms with van der Waals surface area (Å²) in [5.41, 5.74) is 1.32. The second kappa shape index (κ2) is 7.06. The Labute approximate surface area is 184 Å². The molecule has 3 heteroatoms. The van der Waals surface area contributed by atoms with Gasteiger partial charge in [0.15, 0.2) is 0 Å². The first-order valence-electron chi connectivity index (χ1n) is 11.9. The minimum Gasteiger partial charge on any atom is -0.380 e. The predicted molar refractivity (Wildman–Crippen MR) is 121 cm³/mol. The Morgan fingerprint density at radius 3 is 2.00 bits per heavy atom. The van der Waals surface area contributed by atoms with E-state index in [1.165, 1.54) is 12.8 Å². The van der Waals surface area contributed by atoms with Gasteiger partial charge in [0.25, 0.3) is 0 Å². The van der Waals surface area contributed by atoms with E-state index < -0.39 is 5.60 Å². The molecular weight excluding hydrogens is 382 g/mol. The van der Waals surface area contributed by atoms with E-state index in [1.54, 1.807) is 0 Å². The van der Waals surface area contributed by atoms with E-state index in [1.807, 2.05) is 60.7 Å². The molecule has 160 valence electrons. The van der Waals surface area contributed by atoms with Crippen LogP contribution in [0.25, 0.3) is 0 Å². The normalized spacial score (nSPS) is 28.9. The molecule has 1 amide bonds. The summed E-state index contributed by atoms with van der Waals surface area (Å²) in [5.74, 6) is 1.77. The summed E-state index contributed by atoms with van der Waals surface area (Å²) in [6.45, 7) is 1.49. The smallest absolute Gasteiger partial charge is 0.226 e. The molecule has 2 saturated carbocycles. The van der Waals surface area contributed by atoms with Crippen molar-refractivity contribution in [1.29, 1.82) is 0 Å². The number of nitrogens with zero attached hydrogens (tertiary/aromatic N) is 1. The Morgan fingerprint density at radius 1 is 0.903 bits per heavy atom. The van der Waals surface area contributed by atoms with E-state index in [-0.39, 0.29) is 11.8 Å². The Hall–Kier alpha value is -2.39. The fraction of sp³-hybridized carbons (Fsp3) is 0.464. The average Bonchev–Trinajstić information content (AvgIpc) is 3.51. The van der Waals surface area contributed by atoms with Gasteiger partial charge in [-0.3, -0.25) is 4.79 Å². The summed E-state index contributed by atoms with van der Waals surface area (Å²) in [6, 6.07) is 20.1. The van der Waals surface area contributed by atoms with Crippen molar-refractivity contribution in [1.82, 2.24) is 4.90 Å². The van der Waals surface area contributed by atoms with Gasteiger partial charge in [0, 0.05) is 19.0 Å². The van der Waals surface area contributed by atoms with E-state index in [9.17, 15) is 9.90 Å². The lowest BCUT2D eigenvalue weighted by molar-refractivity contribution is -0.139. The number of allylic oxidation sites excluding steroid dienone is 2. The van der Waals surface area contributed by atoms with Gasteiger partial charge in [0.1, 0.15) is 5.60 Å². The largest absolute Gasteiger partial charge is 0.380 e. The minimum absolute atomic E-state index is 0.0936. The molecule has 1 saturated heterocycles. The van der Waals surface area contributed by atoms with Crippen molar-refractivity contribution < 1.29 is 9.90 Å². The fourth-order valence-electron chi connectivity index (χ4n) is 7.03. The number of aliphatic hydroxyl groups is 1. The summed E-state index contributed by atoms with van der Waals surface area (Å²) in [7, 11) is 0. The standard InChI is InChI=1S/C28H31NO2/c30-26(24-19-23-11-12-25(24)27(23)15-16-27)29-17-13-22(14-18-29)28(31,20-7-3-1-4-8-20)21-9-5-2-6-10-21/h1-12,22-25,31H,13-19H2/t23-,24+,25-/m1/s1. The molecule has 0 aromatic heterocycles. The van der Waals surface area contributed by atoms with Crippen LogP contribution < -0.4 is 0 Å². The summed E-state index contributed by atoms with van der Waals surface area (Å²) < 4.78 is 0. The summed E-state index contributed by atoms with van der Waals surface area (Å²) in [4.78, 5) is 15.5. The molecule has 0 unspecified atom stereocenters. The zero-order chi connectivity index (χ0) is 21.1. The lowest BCUT2D eigenvalue weighted by atomic mass is 9.72. The molecular formula is C28H31NO2. The van der Waals surface area contributed by atoms with Crippen LogP contribution in [0.2, 0.25) is 0 Å². The van der Waals surface area contributed by atoms with Crippen LogP contribution in [0.4, 0.5) is 0 Å². The lowest BCUT2D eigenvalue weighted by Gasteiger charge is -2.43. The molecule has 1 heterocycles. The molecule has 1 N–H and O–H groups in total. The van der Waals surface area contributed by atoms with Crippen LogP contribution >= 0.6 is 0 Å². The molecule has 2 aromatic carbocycles. The van der Waals surface area contributed by atoms with E-state index >= 15 is 0 Å². The third-order valence-electron chi connectivity index (χ3n) is 8.86. The Bertz CT molecular complexity index is 947. The van der Waals surface area contributed by atoms with Crippen LogP contribution in [0.1, 0.15) is 43.2 Å². The van der Waals surface area contributed by atoms with Gasteiger partial charge in [-0.25, -0.2) is 0 Å². The molecule has 2 aromatic rings. The van der Waals surface area contributed by atoms with E-state index in [4.69, 9.17) is 0 Å². The molecule has 1 aliphatic heterocycles. The number of amides is 1. The van der Waals surface area contributed by atoms with Gasteiger partial charge in [0.2, 0.25) is 5.91 Å². The van der Waals surface area contributed by atoms with Crippen molar-refractivity contribution in [2.24, 2.45) is 29.1 Å². The number of hydrogen-bond acceptors (Lipinski definition) is 2. The fourth-order valence-corrected chi connectivity index (χ4v) is 7.03. The van der Waals surface area contributed by atoms with Crippen LogP contribution in [-0.4, -0.2) is 29.0 Å². The lowest BCUT2D eigenvalue weighted by Crippen LogP contribution is -2.48. The van der Waals surface area contributed by atoms with Crippen LogP contribution in [0, 0.1) is 29.1 Å². The number of carbonyl (C=O) groups excluding carboxylic acids is 1. The molecule has 2 bridgehead atoms. The van der Waals surface area contributed by atoms with Gasteiger partial charge in [-0.05, 0) is 66.4 Å². The first kappa shape index (κ1) is 19.3. The summed E-state index contributed by atoms with van der Waals surface area (Å²) >= 11 is 0. The number of piperidine rings is 1. The third-order valence-corrected chi connectivity index (χ3v) is 8.86. The van der Waals surface area contributed by atoms with Crippen LogP contribution in [-0.2, 0) is 10.4 Å². The van der Waals surface area contributed by atoms with Crippen LogP contribution in [0.5, 0.6) is 0 Å². The molecule has 3 aliphatic carbocycles. The van der Waals surface area contributed by atoms with E-state index in [2.05, 4.69) is 17.1 Å². The number of hydrogen-bond donors (Lipinski definition) is 1. The number of rotatable bonds is 4. The number of carbonyl (C=O) groups is 1. The van der Waals surface area contributed by atoms with Crippen molar-refractivity contribution in [2.75, 3.05) is 13.1 Å². The van der Waals surface area contributed by atoms with Crippen molar-refractivity contribution >= 4 is 5.91 Å². The van der Waals surface area contributed by atoms with Gasteiger partial charge in [-0.2, -0.15) is 0 Å². The molecule has 4 aliphatic rings. The van der Waals surface area contributed by atoms with E-state index in [0.717, 1.165) is 43.5 Å². The maximum absolute atomic E-state index is 13.4. The number of likely N-dealkylation sites (tertiary alicyclic amines) is 1. The second-order valence-corrected chi connectivity index (χ2v) is 10.2. The molecule has 0 radical (unpaired) electrons. The van der Waals surface area contributed by atoms with E-state index in [0.29, 0.717) is 23.2 Å². The quantitative estimate of drug-likeness (QED) is 0.734. The van der Waals surface area contributed by atoms with Gasteiger partial charge >= 0.3 is 0 Å².